The van der Waals surface area contributed by atoms with Gasteiger partial charge in [0.2, 0.25) is 10.0 Å². The van der Waals surface area contributed by atoms with Gasteiger partial charge in [-0.3, -0.25) is 4.98 Å². The number of aryl methyl sites for hydroxylation is 1. The molecule has 0 amide bonds. The first-order valence-electron chi connectivity index (χ1n) is 5.61. The summed E-state index contributed by atoms with van der Waals surface area (Å²) in [6.07, 6.45) is 1.63. The Hall–Kier alpha value is -1.28. The van der Waals surface area contributed by atoms with E-state index in [9.17, 15) is 8.42 Å². The standard InChI is InChI=1S/C12H14N2O3S2/c1-9-3-2-4-13-11(9)6-14-19(16,17)12-5-10(7-15)8-18-12/h2-5,8,14-15H,6-7H2,1H3. The summed E-state index contributed by atoms with van der Waals surface area (Å²) in [5, 5.41) is 10.6. The summed E-state index contributed by atoms with van der Waals surface area (Å²) in [7, 11) is -3.55. The van der Waals surface area contributed by atoms with Gasteiger partial charge < -0.3 is 5.11 Å². The molecule has 0 saturated heterocycles. The summed E-state index contributed by atoms with van der Waals surface area (Å²) in [6.45, 7) is 1.87. The SMILES string of the molecule is Cc1cccnc1CNS(=O)(=O)c1cc(CO)cs1. The van der Waals surface area contributed by atoms with Gasteiger partial charge in [0, 0.05) is 6.20 Å². The maximum absolute atomic E-state index is 12.0. The average molecular weight is 298 g/mol. The lowest BCUT2D eigenvalue weighted by Crippen LogP contribution is -2.23. The summed E-state index contributed by atoms with van der Waals surface area (Å²) < 4.78 is 26.8. The summed E-state index contributed by atoms with van der Waals surface area (Å²) in [4.78, 5) is 4.13. The van der Waals surface area contributed by atoms with Crippen molar-refractivity contribution in [2.45, 2.75) is 24.3 Å². The van der Waals surface area contributed by atoms with Gasteiger partial charge in [0.15, 0.2) is 0 Å². The Bertz CT molecular complexity index is 665. The molecule has 0 fully saturated rings. The maximum atomic E-state index is 12.0. The Balaban J connectivity index is 2.12. The minimum atomic E-state index is -3.55. The molecule has 2 heterocycles. The van der Waals surface area contributed by atoms with Crippen LogP contribution in [0.5, 0.6) is 0 Å². The molecule has 0 aliphatic carbocycles. The molecule has 7 heteroatoms. The molecule has 19 heavy (non-hydrogen) atoms. The molecule has 0 atom stereocenters. The van der Waals surface area contributed by atoms with E-state index in [2.05, 4.69) is 9.71 Å². The molecule has 0 aliphatic heterocycles. The summed E-state index contributed by atoms with van der Waals surface area (Å²) in [6, 6.07) is 5.16. The fourth-order valence-electron chi connectivity index (χ4n) is 1.51. The van der Waals surface area contributed by atoms with Gasteiger partial charge >= 0.3 is 0 Å². The number of aliphatic hydroxyl groups is 1. The molecule has 0 bridgehead atoms. The zero-order chi connectivity index (χ0) is 13.9. The molecule has 0 aliphatic rings. The second-order valence-corrected chi connectivity index (χ2v) is 6.93. The zero-order valence-electron chi connectivity index (χ0n) is 10.3. The minimum Gasteiger partial charge on any atom is -0.392 e. The third-order valence-electron chi connectivity index (χ3n) is 2.62. The molecule has 0 saturated carbocycles. The Morgan fingerprint density at radius 1 is 1.47 bits per heavy atom. The highest BCUT2D eigenvalue weighted by Gasteiger charge is 2.16. The smallest absolute Gasteiger partial charge is 0.250 e. The van der Waals surface area contributed by atoms with Crippen molar-refractivity contribution in [2.75, 3.05) is 0 Å². The quantitative estimate of drug-likeness (QED) is 0.875. The molecule has 0 spiro atoms. The van der Waals surface area contributed by atoms with Crippen LogP contribution < -0.4 is 4.72 Å². The number of rotatable bonds is 5. The minimum absolute atomic E-state index is 0.154. The topological polar surface area (TPSA) is 79.3 Å². The van der Waals surface area contributed by atoms with E-state index in [1.165, 1.54) is 6.07 Å². The van der Waals surface area contributed by atoms with Gasteiger partial charge in [0.1, 0.15) is 4.21 Å². The van der Waals surface area contributed by atoms with Gasteiger partial charge in [-0.25, -0.2) is 13.1 Å². The Morgan fingerprint density at radius 3 is 2.89 bits per heavy atom. The van der Waals surface area contributed by atoms with Gasteiger partial charge in [0.05, 0.1) is 18.8 Å². The van der Waals surface area contributed by atoms with Gasteiger partial charge in [-0.15, -0.1) is 11.3 Å². The lowest BCUT2D eigenvalue weighted by atomic mass is 10.2. The number of hydrogen-bond donors (Lipinski definition) is 2. The second-order valence-electron chi connectivity index (χ2n) is 4.02. The number of hydrogen-bond acceptors (Lipinski definition) is 5. The fraction of sp³-hybridized carbons (Fsp3) is 0.250. The first kappa shape index (κ1) is 14.1. The Labute approximate surface area is 116 Å². The van der Waals surface area contributed by atoms with Crippen LogP contribution in [-0.2, 0) is 23.2 Å². The molecule has 2 aromatic rings. The van der Waals surface area contributed by atoms with Crippen molar-refractivity contribution >= 4 is 21.4 Å². The van der Waals surface area contributed by atoms with Crippen molar-refractivity contribution in [1.82, 2.24) is 9.71 Å². The molecule has 2 rings (SSSR count). The predicted octanol–water partition coefficient (Wildman–Crippen LogP) is 1.42. The van der Waals surface area contributed by atoms with E-state index in [1.54, 1.807) is 17.6 Å². The van der Waals surface area contributed by atoms with E-state index >= 15 is 0 Å². The van der Waals surface area contributed by atoms with Crippen molar-refractivity contribution in [3.8, 4) is 0 Å². The van der Waals surface area contributed by atoms with Crippen LogP contribution in [0.3, 0.4) is 0 Å². The number of aliphatic hydroxyl groups excluding tert-OH is 1. The number of nitrogens with zero attached hydrogens (tertiary/aromatic N) is 1. The maximum Gasteiger partial charge on any atom is 0.250 e. The van der Waals surface area contributed by atoms with Crippen molar-refractivity contribution in [1.29, 1.82) is 0 Å². The lowest BCUT2D eigenvalue weighted by molar-refractivity contribution is 0.282. The van der Waals surface area contributed by atoms with E-state index in [0.717, 1.165) is 16.9 Å². The van der Waals surface area contributed by atoms with Crippen LogP contribution in [0.2, 0.25) is 0 Å². The number of aromatic nitrogens is 1. The first-order valence-corrected chi connectivity index (χ1v) is 7.97. The molecule has 2 aromatic heterocycles. The van der Waals surface area contributed by atoms with Crippen LogP contribution in [0.1, 0.15) is 16.8 Å². The van der Waals surface area contributed by atoms with E-state index in [0.29, 0.717) is 11.3 Å². The number of pyridine rings is 1. The van der Waals surface area contributed by atoms with Crippen LogP contribution in [0.25, 0.3) is 0 Å². The largest absolute Gasteiger partial charge is 0.392 e. The highest BCUT2D eigenvalue weighted by molar-refractivity contribution is 7.91. The van der Waals surface area contributed by atoms with Crippen molar-refractivity contribution in [3.05, 3.63) is 46.6 Å². The van der Waals surface area contributed by atoms with E-state index < -0.39 is 10.0 Å². The highest BCUT2D eigenvalue weighted by atomic mass is 32.2. The lowest BCUT2D eigenvalue weighted by Gasteiger charge is -2.06. The van der Waals surface area contributed by atoms with Gasteiger partial charge in [-0.2, -0.15) is 0 Å². The third-order valence-corrected chi connectivity index (χ3v) is 5.51. The average Bonchev–Trinajstić information content (AvgIpc) is 2.87. The van der Waals surface area contributed by atoms with Gasteiger partial charge in [0.25, 0.3) is 0 Å². The summed E-state index contributed by atoms with van der Waals surface area (Å²) in [5.41, 5.74) is 2.23. The normalized spacial score (nSPS) is 11.7. The van der Waals surface area contributed by atoms with Crippen molar-refractivity contribution < 1.29 is 13.5 Å². The Morgan fingerprint density at radius 2 is 2.26 bits per heavy atom. The molecule has 0 aromatic carbocycles. The molecular weight excluding hydrogens is 284 g/mol. The van der Waals surface area contributed by atoms with Gasteiger partial charge in [-0.1, -0.05) is 6.07 Å². The second kappa shape index (κ2) is 5.79. The molecular formula is C12H14N2O3S2. The van der Waals surface area contributed by atoms with Crippen LogP contribution in [0.15, 0.2) is 34.0 Å². The number of thiophene rings is 1. The summed E-state index contributed by atoms with van der Waals surface area (Å²) in [5.74, 6) is 0. The van der Waals surface area contributed by atoms with Crippen LogP contribution in [0, 0.1) is 6.92 Å². The fourth-order valence-corrected chi connectivity index (χ4v) is 3.75. The van der Waals surface area contributed by atoms with Crippen LogP contribution in [0.4, 0.5) is 0 Å². The van der Waals surface area contributed by atoms with Crippen molar-refractivity contribution in [3.63, 3.8) is 0 Å². The van der Waals surface area contributed by atoms with E-state index in [1.807, 2.05) is 13.0 Å². The van der Waals surface area contributed by atoms with E-state index in [4.69, 9.17) is 5.11 Å². The molecule has 0 unspecified atom stereocenters. The Kier molecular flexibility index (Phi) is 4.31. The zero-order valence-corrected chi connectivity index (χ0v) is 12.0. The van der Waals surface area contributed by atoms with Gasteiger partial charge in [-0.05, 0) is 35.6 Å². The number of nitrogens with one attached hydrogen (secondary N) is 1. The molecule has 0 radical (unpaired) electrons. The number of sulfonamides is 1. The van der Waals surface area contributed by atoms with Crippen LogP contribution >= 0.6 is 11.3 Å². The molecule has 102 valence electrons. The monoisotopic (exact) mass is 298 g/mol. The molecule has 2 N–H and O–H groups in total. The van der Waals surface area contributed by atoms with Crippen LogP contribution in [-0.4, -0.2) is 18.5 Å². The third kappa shape index (κ3) is 3.38. The van der Waals surface area contributed by atoms with E-state index in [-0.39, 0.29) is 17.4 Å². The first-order chi connectivity index (χ1) is 9.03. The van der Waals surface area contributed by atoms with Crippen molar-refractivity contribution in [2.24, 2.45) is 0 Å². The highest BCUT2D eigenvalue weighted by Crippen LogP contribution is 2.20. The molecule has 5 nitrogen and oxygen atoms in total. The summed E-state index contributed by atoms with van der Waals surface area (Å²) >= 11 is 1.09. The predicted molar refractivity (Wildman–Crippen MR) is 73.2 cm³/mol.